The molecule has 0 saturated carbocycles. The number of aliphatic carboxylic acids is 1. The number of hydrogen-bond acceptors (Lipinski definition) is 15. The molecule has 0 aromatic heterocycles. The van der Waals surface area contributed by atoms with Crippen LogP contribution < -0.4 is 5.73 Å². The summed E-state index contributed by atoms with van der Waals surface area (Å²) in [5, 5.41) is 85.5. The highest BCUT2D eigenvalue weighted by molar-refractivity contribution is 5.80. The van der Waals surface area contributed by atoms with Crippen molar-refractivity contribution in [3.8, 4) is 0 Å². The summed E-state index contributed by atoms with van der Waals surface area (Å²) in [5.41, 5.74) is 5.99. The highest BCUT2D eigenvalue weighted by Gasteiger charge is 2.51. The molecule has 10 unspecified atom stereocenters. The van der Waals surface area contributed by atoms with E-state index in [1.165, 1.54) is 13.0 Å². The zero-order valence-corrected chi connectivity index (χ0v) is 32.2. The van der Waals surface area contributed by atoms with Crippen LogP contribution >= 0.6 is 0 Å². The molecule has 0 amide bonds. The van der Waals surface area contributed by atoms with Crippen molar-refractivity contribution >= 4 is 17.7 Å². The third-order valence-electron chi connectivity index (χ3n) is 10.4. The largest absolute Gasteiger partial charge is 0.481 e. The maximum atomic E-state index is 12.6. The van der Waals surface area contributed by atoms with Crippen LogP contribution in [0.1, 0.15) is 78.6 Å². The standard InChI is InChI=1S/C40H61NO15/c1-4-23(2)31-15-13-11-9-7-5-6-8-10-12-14-27(54-39-37(49)35(41)36(48)24(3)53-39)20-32-34(38(50)51)30(46)22-40(52,56-32)21-29(45)28(44)17-16-25(42)18-26(43)19-33(47)55-31/h5-14,23-24,26-32,34-37,39,43-46,48-49,52H,4,15-22,41H2,1-3H3,(H,50,51)/b6-5+,9-7+,10-8+,13-11+,14-12+/t23?,24-,26?,27?,28?,29?,30?,31?,32?,34?,35+,36-,37+,39+,40?/m1/s1. The third-order valence-corrected chi connectivity index (χ3v) is 10.4. The molecule has 16 nitrogen and oxygen atoms in total. The van der Waals surface area contributed by atoms with Gasteiger partial charge in [0.05, 0.1) is 61.3 Å². The van der Waals surface area contributed by atoms with Gasteiger partial charge < -0.3 is 65.5 Å². The number of ketones is 1. The SMILES string of the molecule is CCC(C)C1C/C=C/C=C/C=C/C=C/C=C/C(O[C@@H]2O[C@H](C)[C@@H](O)[C@H](N)[C@@H]2O)CC2OC(O)(CC(O)C(O)CCC(=O)CC(O)CC(=O)O1)CC(O)C2C(=O)O. The number of aliphatic hydroxyl groups excluding tert-OH is 6. The van der Waals surface area contributed by atoms with Gasteiger partial charge in [0, 0.05) is 38.5 Å². The number of rotatable bonds is 5. The van der Waals surface area contributed by atoms with Gasteiger partial charge in [-0.25, -0.2) is 0 Å². The van der Waals surface area contributed by atoms with E-state index in [4.69, 9.17) is 24.7 Å². The Hall–Kier alpha value is -3.13. The van der Waals surface area contributed by atoms with Crippen molar-refractivity contribution in [3.63, 3.8) is 0 Å². The highest BCUT2D eigenvalue weighted by atomic mass is 16.7. The molecule has 10 N–H and O–H groups in total. The summed E-state index contributed by atoms with van der Waals surface area (Å²) in [4.78, 5) is 37.7. The Morgan fingerprint density at radius 3 is 2.20 bits per heavy atom. The van der Waals surface area contributed by atoms with Gasteiger partial charge in [-0.3, -0.25) is 14.4 Å². The summed E-state index contributed by atoms with van der Waals surface area (Å²) < 4.78 is 23.2. The Labute approximate surface area is 327 Å². The lowest BCUT2D eigenvalue weighted by Gasteiger charge is -2.45. The zero-order chi connectivity index (χ0) is 41.6. The van der Waals surface area contributed by atoms with Crippen molar-refractivity contribution in [1.29, 1.82) is 0 Å². The summed E-state index contributed by atoms with van der Waals surface area (Å²) in [6, 6.07) is -1.13. The number of Topliss-reactive ketones (excluding diaryl/α,β-unsaturated/α-hetero) is 1. The summed E-state index contributed by atoms with van der Waals surface area (Å²) in [6.45, 7) is 5.45. The van der Waals surface area contributed by atoms with Crippen molar-refractivity contribution in [3.05, 3.63) is 60.8 Å². The van der Waals surface area contributed by atoms with Gasteiger partial charge >= 0.3 is 11.9 Å². The Morgan fingerprint density at radius 2 is 1.55 bits per heavy atom. The number of cyclic esters (lactones) is 1. The fourth-order valence-corrected chi connectivity index (χ4v) is 6.85. The number of esters is 1. The molecular weight excluding hydrogens is 734 g/mol. The lowest BCUT2D eigenvalue weighted by atomic mass is 9.82. The molecule has 3 aliphatic heterocycles. The van der Waals surface area contributed by atoms with E-state index < -0.39 is 128 Å². The van der Waals surface area contributed by atoms with Gasteiger partial charge in [-0.15, -0.1) is 0 Å². The molecule has 16 heteroatoms. The zero-order valence-electron chi connectivity index (χ0n) is 32.2. The number of hydrogen-bond donors (Lipinski definition) is 9. The van der Waals surface area contributed by atoms with E-state index >= 15 is 0 Å². The molecule has 2 saturated heterocycles. The topological polar surface area (TPSA) is 276 Å². The van der Waals surface area contributed by atoms with Crippen molar-refractivity contribution in [2.75, 3.05) is 0 Å². The van der Waals surface area contributed by atoms with E-state index in [0.717, 1.165) is 6.42 Å². The van der Waals surface area contributed by atoms with Crippen LogP contribution in [0.4, 0.5) is 0 Å². The van der Waals surface area contributed by atoms with E-state index in [2.05, 4.69) is 0 Å². The second kappa shape index (κ2) is 22.7. The number of carboxylic acids is 1. The summed E-state index contributed by atoms with van der Waals surface area (Å²) in [7, 11) is 0. The van der Waals surface area contributed by atoms with Gasteiger partial charge in [0.2, 0.25) is 0 Å². The summed E-state index contributed by atoms with van der Waals surface area (Å²) in [6.07, 6.45) is 1.21. The molecular formula is C40H61NO15. The minimum Gasteiger partial charge on any atom is -0.481 e. The van der Waals surface area contributed by atoms with Crippen LogP contribution in [0.15, 0.2) is 60.8 Å². The number of carbonyl (C=O) groups excluding carboxylic acids is 2. The first-order chi connectivity index (χ1) is 26.4. The van der Waals surface area contributed by atoms with Gasteiger partial charge in [0.1, 0.15) is 23.9 Å². The minimum atomic E-state index is -2.34. The summed E-state index contributed by atoms with van der Waals surface area (Å²) >= 11 is 0. The average Bonchev–Trinajstić information content (AvgIpc) is 3.11. The minimum absolute atomic E-state index is 0.0294. The molecule has 56 heavy (non-hydrogen) atoms. The van der Waals surface area contributed by atoms with Crippen molar-refractivity contribution in [2.24, 2.45) is 17.6 Å². The number of fused-ring (bicyclic) bond motifs is 2. The summed E-state index contributed by atoms with van der Waals surface area (Å²) in [5.74, 6) is -6.47. The maximum Gasteiger partial charge on any atom is 0.311 e. The molecule has 2 bridgehead atoms. The first-order valence-electron chi connectivity index (χ1n) is 19.3. The number of carboxylic acid groups (broad SMARTS) is 1. The molecule has 3 rings (SSSR count). The Kier molecular flexibility index (Phi) is 19.2. The maximum absolute atomic E-state index is 12.6. The smallest absolute Gasteiger partial charge is 0.311 e. The molecule has 0 spiro atoms. The van der Waals surface area contributed by atoms with E-state index in [1.54, 1.807) is 48.6 Å². The first kappa shape index (κ1) is 47.2. The van der Waals surface area contributed by atoms with Crippen LogP contribution in [-0.2, 0) is 33.3 Å². The molecule has 0 aliphatic carbocycles. The van der Waals surface area contributed by atoms with Crippen LogP contribution in [0.2, 0.25) is 0 Å². The van der Waals surface area contributed by atoms with Crippen LogP contribution in [0.3, 0.4) is 0 Å². The fourth-order valence-electron chi connectivity index (χ4n) is 6.85. The van der Waals surface area contributed by atoms with Crippen LogP contribution in [-0.4, -0.2) is 138 Å². The molecule has 3 aliphatic rings. The fraction of sp³-hybridized carbons (Fsp3) is 0.675. The van der Waals surface area contributed by atoms with Gasteiger partial charge in [0.25, 0.3) is 0 Å². The van der Waals surface area contributed by atoms with Crippen molar-refractivity contribution < 1.29 is 74.2 Å². The van der Waals surface area contributed by atoms with E-state index in [0.29, 0.717) is 6.42 Å². The van der Waals surface area contributed by atoms with E-state index in [-0.39, 0.29) is 25.2 Å². The second-order valence-corrected chi connectivity index (χ2v) is 15.0. The van der Waals surface area contributed by atoms with Gasteiger partial charge in [0.15, 0.2) is 12.1 Å². The van der Waals surface area contributed by atoms with E-state index in [9.17, 15) is 55.2 Å². The van der Waals surface area contributed by atoms with Gasteiger partial charge in [-0.1, -0.05) is 81.0 Å². The molecule has 0 aromatic carbocycles. The average molecular weight is 796 g/mol. The van der Waals surface area contributed by atoms with Crippen LogP contribution in [0.5, 0.6) is 0 Å². The van der Waals surface area contributed by atoms with Crippen LogP contribution in [0, 0.1) is 11.8 Å². The first-order valence-corrected chi connectivity index (χ1v) is 19.3. The van der Waals surface area contributed by atoms with E-state index in [1.807, 2.05) is 19.9 Å². The molecule has 316 valence electrons. The molecule has 2 fully saturated rings. The van der Waals surface area contributed by atoms with Gasteiger partial charge in [-0.2, -0.15) is 0 Å². The predicted octanol–water partition coefficient (Wildman–Crippen LogP) is 0.840. The molecule has 3 heterocycles. The lowest BCUT2D eigenvalue weighted by Crippen LogP contribution is -2.61. The lowest BCUT2D eigenvalue weighted by molar-refractivity contribution is -0.310. The second-order valence-electron chi connectivity index (χ2n) is 15.0. The Bertz CT molecular complexity index is 1420. The normalized spacial score (nSPS) is 42.5. The Balaban J connectivity index is 1.91. The van der Waals surface area contributed by atoms with Crippen molar-refractivity contribution in [2.45, 2.75) is 158 Å². The van der Waals surface area contributed by atoms with Crippen LogP contribution in [0.25, 0.3) is 0 Å². The van der Waals surface area contributed by atoms with Gasteiger partial charge in [-0.05, 0) is 19.3 Å². The van der Waals surface area contributed by atoms with Crippen molar-refractivity contribution in [1.82, 2.24) is 0 Å². The third kappa shape index (κ3) is 14.7. The molecule has 15 atom stereocenters. The number of nitrogens with two attached hydrogens (primary N) is 1. The quantitative estimate of drug-likeness (QED) is 0.174. The number of allylic oxidation sites excluding steroid dienone is 8. The highest BCUT2D eigenvalue weighted by Crippen LogP contribution is 2.38. The number of carbonyl (C=O) groups is 3. The monoisotopic (exact) mass is 795 g/mol. The molecule has 0 aromatic rings. The molecule has 0 radical (unpaired) electrons. The Morgan fingerprint density at radius 1 is 0.929 bits per heavy atom. The number of aliphatic hydroxyl groups is 7. The number of ether oxygens (including phenoxy) is 4. The predicted molar refractivity (Wildman–Crippen MR) is 201 cm³/mol.